The van der Waals surface area contributed by atoms with Gasteiger partial charge >= 0.3 is 17.9 Å². The first-order valence-corrected chi connectivity index (χ1v) is 25.3. The van der Waals surface area contributed by atoms with Gasteiger partial charge in [-0.25, -0.2) is 0 Å². The zero-order chi connectivity index (χ0) is 43.7. The molecule has 0 unspecified atom stereocenters. The van der Waals surface area contributed by atoms with Crippen molar-refractivity contribution in [1.82, 2.24) is 0 Å². The molecule has 0 aliphatic carbocycles. The molecule has 0 aromatic carbocycles. The van der Waals surface area contributed by atoms with E-state index in [1.165, 1.54) is 116 Å². The second kappa shape index (κ2) is 48.8. The molecule has 0 N–H and O–H groups in total. The van der Waals surface area contributed by atoms with E-state index in [1.807, 2.05) is 0 Å². The summed E-state index contributed by atoms with van der Waals surface area (Å²) in [7, 11) is 0. The fourth-order valence-electron chi connectivity index (χ4n) is 6.96. The Balaban J connectivity index is 4.44. The van der Waals surface area contributed by atoms with Crippen molar-refractivity contribution in [2.24, 2.45) is 0 Å². The van der Waals surface area contributed by atoms with Gasteiger partial charge in [0.2, 0.25) is 0 Å². The van der Waals surface area contributed by atoms with Crippen molar-refractivity contribution in [2.75, 3.05) is 13.2 Å². The van der Waals surface area contributed by atoms with Gasteiger partial charge < -0.3 is 14.2 Å². The lowest BCUT2D eigenvalue weighted by atomic mass is 10.0. The van der Waals surface area contributed by atoms with Crippen LogP contribution in [-0.4, -0.2) is 37.2 Å². The fraction of sp³-hybridized carbons (Fsp3) is 0.759. The van der Waals surface area contributed by atoms with Gasteiger partial charge in [0.15, 0.2) is 6.10 Å². The number of allylic oxidation sites excluding steroid dienone is 10. The van der Waals surface area contributed by atoms with Crippen molar-refractivity contribution >= 4 is 17.9 Å². The maximum atomic E-state index is 12.8. The van der Waals surface area contributed by atoms with Gasteiger partial charge in [-0.3, -0.25) is 14.4 Å². The van der Waals surface area contributed by atoms with Crippen LogP contribution in [0.4, 0.5) is 0 Å². The van der Waals surface area contributed by atoms with Crippen LogP contribution in [0.1, 0.15) is 245 Å². The van der Waals surface area contributed by atoms with E-state index in [0.717, 1.165) is 89.9 Å². The van der Waals surface area contributed by atoms with Crippen LogP contribution in [0.2, 0.25) is 0 Å². The second-order valence-corrected chi connectivity index (χ2v) is 16.7. The van der Waals surface area contributed by atoms with Crippen molar-refractivity contribution in [3.05, 3.63) is 60.8 Å². The summed E-state index contributed by atoms with van der Waals surface area (Å²) in [6.45, 7) is 6.47. The predicted octanol–water partition coefficient (Wildman–Crippen LogP) is 16.5. The van der Waals surface area contributed by atoms with Gasteiger partial charge in [0, 0.05) is 19.3 Å². The third-order valence-electron chi connectivity index (χ3n) is 10.8. The highest BCUT2D eigenvalue weighted by atomic mass is 16.6. The van der Waals surface area contributed by atoms with Gasteiger partial charge in [0.1, 0.15) is 13.2 Å². The minimum absolute atomic E-state index is 0.0901. The lowest BCUT2D eigenvalue weighted by molar-refractivity contribution is -0.167. The normalized spacial score (nSPS) is 12.5. The molecule has 0 aromatic rings. The maximum absolute atomic E-state index is 12.8. The highest BCUT2D eigenvalue weighted by molar-refractivity contribution is 5.71. The molecule has 0 bridgehead atoms. The molecule has 1 atom stereocenters. The van der Waals surface area contributed by atoms with Crippen LogP contribution in [-0.2, 0) is 28.6 Å². The summed E-state index contributed by atoms with van der Waals surface area (Å²) >= 11 is 0. The first-order chi connectivity index (χ1) is 29.5. The summed E-state index contributed by atoms with van der Waals surface area (Å²) in [5, 5.41) is 0. The Morgan fingerprint density at radius 3 is 1.07 bits per heavy atom. The fourth-order valence-corrected chi connectivity index (χ4v) is 6.96. The molecule has 0 saturated heterocycles. The molecule has 0 rings (SSSR count). The van der Waals surface area contributed by atoms with Crippen molar-refractivity contribution in [1.29, 1.82) is 0 Å². The Kier molecular flexibility index (Phi) is 46.4. The summed E-state index contributed by atoms with van der Waals surface area (Å²) in [5.74, 6) is -0.937. The van der Waals surface area contributed by atoms with Gasteiger partial charge in [-0.2, -0.15) is 0 Å². The molecule has 60 heavy (non-hydrogen) atoms. The monoisotopic (exact) mass is 839 g/mol. The van der Waals surface area contributed by atoms with Crippen molar-refractivity contribution in [3.63, 3.8) is 0 Å². The molecular weight excluding hydrogens is 745 g/mol. The Bertz CT molecular complexity index is 1100. The molecule has 0 heterocycles. The third kappa shape index (κ3) is 46.2. The van der Waals surface area contributed by atoms with Crippen LogP contribution in [0.5, 0.6) is 0 Å². The van der Waals surface area contributed by atoms with Crippen molar-refractivity contribution in [2.45, 2.75) is 252 Å². The lowest BCUT2D eigenvalue weighted by Gasteiger charge is -2.18. The van der Waals surface area contributed by atoms with E-state index in [-0.39, 0.29) is 31.1 Å². The number of esters is 3. The molecule has 0 aliphatic heterocycles. The highest BCUT2D eigenvalue weighted by Gasteiger charge is 2.19. The lowest BCUT2D eigenvalue weighted by Crippen LogP contribution is -2.30. The number of carbonyl (C=O) groups excluding carboxylic acids is 3. The van der Waals surface area contributed by atoms with E-state index in [2.05, 4.69) is 81.5 Å². The molecular formula is C54H94O6. The van der Waals surface area contributed by atoms with E-state index in [0.29, 0.717) is 19.3 Å². The summed E-state index contributed by atoms with van der Waals surface area (Å²) in [6.07, 6.45) is 59.2. The first kappa shape index (κ1) is 57.1. The zero-order valence-electron chi connectivity index (χ0n) is 39.5. The van der Waals surface area contributed by atoms with Crippen LogP contribution >= 0.6 is 0 Å². The highest BCUT2D eigenvalue weighted by Crippen LogP contribution is 2.14. The third-order valence-corrected chi connectivity index (χ3v) is 10.8. The van der Waals surface area contributed by atoms with Crippen LogP contribution in [0.3, 0.4) is 0 Å². The smallest absolute Gasteiger partial charge is 0.306 e. The van der Waals surface area contributed by atoms with Crippen LogP contribution in [0, 0.1) is 0 Å². The van der Waals surface area contributed by atoms with Crippen LogP contribution < -0.4 is 0 Å². The minimum Gasteiger partial charge on any atom is -0.462 e. The quantitative estimate of drug-likeness (QED) is 0.0263. The first-order valence-electron chi connectivity index (χ1n) is 25.3. The molecule has 6 nitrogen and oxygen atoms in total. The van der Waals surface area contributed by atoms with Gasteiger partial charge in [0.25, 0.3) is 0 Å². The minimum atomic E-state index is -0.791. The van der Waals surface area contributed by atoms with Gasteiger partial charge in [-0.05, 0) is 83.5 Å². The van der Waals surface area contributed by atoms with Gasteiger partial charge in [-0.1, -0.05) is 204 Å². The molecule has 346 valence electrons. The molecule has 0 fully saturated rings. The Hall–Kier alpha value is -2.89. The second-order valence-electron chi connectivity index (χ2n) is 16.7. The average Bonchev–Trinajstić information content (AvgIpc) is 3.24. The summed E-state index contributed by atoms with van der Waals surface area (Å²) in [6, 6.07) is 0. The van der Waals surface area contributed by atoms with Crippen molar-refractivity contribution in [3.8, 4) is 0 Å². The molecule has 6 heteroatoms. The number of carbonyl (C=O) groups is 3. The van der Waals surface area contributed by atoms with Crippen LogP contribution in [0.25, 0.3) is 0 Å². The number of ether oxygens (including phenoxy) is 3. The van der Waals surface area contributed by atoms with E-state index in [4.69, 9.17) is 14.2 Å². The molecule has 0 spiro atoms. The van der Waals surface area contributed by atoms with Crippen LogP contribution in [0.15, 0.2) is 60.8 Å². The van der Waals surface area contributed by atoms with E-state index >= 15 is 0 Å². The Labute approximate surface area is 370 Å². The standard InChI is InChI=1S/C54H94O6/c1-4-7-10-13-16-19-22-25-27-29-32-34-37-40-43-46-52(55)58-49-51(60-54(57)48-45-42-39-36-31-24-21-18-15-12-9-6-3)50-59-53(56)47-44-41-38-35-33-30-28-26-23-20-17-14-11-8-5-2/h7,10,16,19,25-28,32,34,51H,4-6,8-9,11-15,17-18,20-24,29-31,33,35-50H2,1-3H3/b10-7-,19-16-,27-25-,28-26-,34-32-/t51-/m1/s1. The summed E-state index contributed by atoms with van der Waals surface area (Å²) in [4.78, 5) is 37.9. The molecule has 0 aliphatic rings. The largest absolute Gasteiger partial charge is 0.462 e. The zero-order valence-corrected chi connectivity index (χ0v) is 39.5. The summed E-state index contributed by atoms with van der Waals surface area (Å²) < 4.78 is 16.7. The van der Waals surface area contributed by atoms with E-state index in [1.54, 1.807) is 0 Å². The van der Waals surface area contributed by atoms with Gasteiger partial charge in [0.05, 0.1) is 0 Å². The molecule has 0 amide bonds. The topological polar surface area (TPSA) is 78.9 Å². The number of hydrogen-bond donors (Lipinski definition) is 0. The molecule has 0 saturated carbocycles. The predicted molar refractivity (Wildman–Crippen MR) is 256 cm³/mol. The summed E-state index contributed by atoms with van der Waals surface area (Å²) in [5.41, 5.74) is 0. The van der Waals surface area contributed by atoms with Crippen molar-refractivity contribution < 1.29 is 28.6 Å². The SMILES string of the molecule is CC/C=C\C/C=C\C/C=C\C/C=C\CCCCC(=O)OC[C@H](COC(=O)CCCCCCC/C=C\CCCCCCCC)OC(=O)CCCCCCCCCCCCCC. The van der Waals surface area contributed by atoms with Gasteiger partial charge in [-0.15, -0.1) is 0 Å². The maximum Gasteiger partial charge on any atom is 0.306 e. The average molecular weight is 839 g/mol. The molecule has 0 aromatic heterocycles. The van der Waals surface area contributed by atoms with E-state index in [9.17, 15) is 14.4 Å². The Morgan fingerprint density at radius 1 is 0.350 bits per heavy atom. The van der Waals surface area contributed by atoms with E-state index < -0.39 is 6.10 Å². The number of rotatable bonds is 45. The Morgan fingerprint density at radius 2 is 0.650 bits per heavy atom. The molecule has 0 radical (unpaired) electrons. The number of hydrogen-bond acceptors (Lipinski definition) is 6. The number of unbranched alkanes of at least 4 members (excludes halogenated alkanes) is 24.